The van der Waals surface area contributed by atoms with Crippen LogP contribution in [0, 0.1) is 20.8 Å². The molecule has 2 N–H and O–H groups in total. The van der Waals surface area contributed by atoms with Crippen LogP contribution in [0.3, 0.4) is 0 Å². The molecule has 0 spiro atoms. The minimum atomic E-state index is -0.227. The number of aliphatic imine (C=N–C) groups is 1. The van der Waals surface area contributed by atoms with Crippen molar-refractivity contribution < 1.29 is 14.3 Å². The van der Waals surface area contributed by atoms with Gasteiger partial charge < -0.3 is 15.4 Å². The van der Waals surface area contributed by atoms with Crippen LogP contribution in [-0.2, 0) is 9.59 Å². The zero-order valence-corrected chi connectivity index (χ0v) is 20.0. The fourth-order valence-corrected chi connectivity index (χ4v) is 4.22. The lowest BCUT2D eigenvalue weighted by atomic mass is 10.1. The van der Waals surface area contributed by atoms with Gasteiger partial charge in [0.15, 0.2) is 11.8 Å². The van der Waals surface area contributed by atoms with Crippen LogP contribution in [-0.4, -0.2) is 23.6 Å². The maximum atomic E-state index is 12.4. The van der Waals surface area contributed by atoms with E-state index in [0.717, 1.165) is 28.1 Å². The molecule has 1 fully saturated rings. The molecule has 1 aliphatic heterocycles. The van der Waals surface area contributed by atoms with Gasteiger partial charge in [-0.1, -0.05) is 48.0 Å². The number of carbonyl (C=O) groups excluding carboxylic acids is 2. The molecule has 0 unspecified atom stereocenters. The predicted molar refractivity (Wildman–Crippen MR) is 138 cm³/mol. The Hall–Kier alpha value is -3.84. The third kappa shape index (κ3) is 5.94. The number of nitrogens with zero attached hydrogens (tertiary/aromatic N) is 1. The van der Waals surface area contributed by atoms with Gasteiger partial charge in [0.2, 0.25) is 0 Å². The first-order valence-corrected chi connectivity index (χ1v) is 11.6. The number of nitrogens with one attached hydrogen (secondary N) is 2. The van der Waals surface area contributed by atoms with Crippen molar-refractivity contribution in [3.63, 3.8) is 0 Å². The second-order valence-corrected chi connectivity index (χ2v) is 9.02. The summed E-state index contributed by atoms with van der Waals surface area (Å²) in [6.45, 7) is 5.88. The van der Waals surface area contributed by atoms with Gasteiger partial charge in [-0.05, 0) is 79.6 Å². The normalized spacial score (nSPS) is 15.4. The summed E-state index contributed by atoms with van der Waals surface area (Å²) in [7, 11) is 0. The van der Waals surface area contributed by atoms with Gasteiger partial charge in [-0.3, -0.25) is 9.59 Å². The molecule has 0 aliphatic carbocycles. The Morgan fingerprint density at radius 2 is 1.79 bits per heavy atom. The lowest BCUT2D eigenvalue weighted by Crippen LogP contribution is -2.20. The van der Waals surface area contributed by atoms with Crippen molar-refractivity contribution in [1.29, 1.82) is 0 Å². The summed E-state index contributed by atoms with van der Waals surface area (Å²) in [6.07, 6.45) is 1.80. The zero-order chi connectivity index (χ0) is 24.1. The average Bonchev–Trinajstić information content (AvgIpc) is 3.15. The lowest BCUT2D eigenvalue weighted by Gasteiger charge is -2.09. The van der Waals surface area contributed by atoms with E-state index < -0.39 is 0 Å². The molecule has 3 aromatic rings. The van der Waals surface area contributed by atoms with E-state index in [-0.39, 0.29) is 18.4 Å². The van der Waals surface area contributed by atoms with Crippen LogP contribution in [0.4, 0.5) is 11.4 Å². The van der Waals surface area contributed by atoms with E-state index in [0.29, 0.717) is 15.8 Å². The Morgan fingerprint density at radius 1 is 1.03 bits per heavy atom. The van der Waals surface area contributed by atoms with Crippen molar-refractivity contribution in [1.82, 2.24) is 5.32 Å². The Bertz CT molecular complexity index is 1300. The minimum absolute atomic E-state index is 0.0920. The first kappa shape index (κ1) is 23.3. The third-order valence-electron chi connectivity index (χ3n) is 5.19. The van der Waals surface area contributed by atoms with Crippen molar-refractivity contribution in [3.8, 4) is 5.75 Å². The maximum Gasteiger partial charge on any atom is 0.264 e. The van der Waals surface area contributed by atoms with Gasteiger partial charge in [-0.25, -0.2) is 4.99 Å². The molecule has 1 heterocycles. The average molecular weight is 472 g/mol. The molecule has 34 heavy (non-hydrogen) atoms. The van der Waals surface area contributed by atoms with E-state index >= 15 is 0 Å². The Kier molecular flexibility index (Phi) is 7.13. The van der Waals surface area contributed by atoms with Gasteiger partial charge in [0.05, 0.1) is 10.6 Å². The zero-order valence-electron chi connectivity index (χ0n) is 19.2. The number of hydrogen-bond donors (Lipinski definition) is 2. The third-order valence-corrected chi connectivity index (χ3v) is 6.10. The molecule has 3 aromatic carbocycles. The number of para-hydroxylation sites is 1. The number of benzene rings is 3. The molecule has 4 rings (SSSR count). The van der Waals surface area contributed by atoms with Crippen LogP contribution in [0.25, 0.3) is 6.08 Å². The number of ether oxygens (including phenoxy) is 1. The number of amides is 2. The SMILES string of the molecule is Cc1ccc(N=C2NC(=O)/C(=C\c3ccc(OCC(=O)Nc4ccccc4C)cc3)S2)c(C)c1. The van der Waals surface area contributed by atoms with E-state index in [1.54, 1.807) is 18.2 Å². The highest BCUT2D eigenvalue weighted by Gasteiger charge is 2.24. The van der Waals surface area contributed by atoms with Crippen molar-refractivity contribution in [2.45, 2.75) is 20.8 Å². The van der Waals surface area contributed by atoms with E-state index in [4.69, 9.17) is 4.74 Å². The summed E-state index contributed by atoms with van der Waals surface area (Å²) >= 11 is 1.31. The predicted octanol–water partition coefficient (Wildman–Crippen LogP) is 5.52. The Balaban J connectivity index is 1.36. The monoisotopic (exact) mass is 471 g/mol. The largest absolute Gasteiger partial charge is 0.484 e. The second kappa shape index (κ2) is 10.4. The van der Waals surface area contributed by atoms with E-state index in [2.05, 4.69) is 21.7 Å². The number of hydrogen-bond acceptors (Lipinski definition) is 5. The van der Waals surface area contributed by atoms with Crippen LogP contribution in [0.5, 0.6) is 5.75 Å². The summed E-state index contributed by atoms with van der Waals surface area (Å²) < 4.78 is 5.59. The molecule has 6 nitrogen and oxygen atoms in total. The van der Waals surface area contributed by atoms with Crippen LogP contribution in [0.1, 0.15) is 22.3 Å². The summed E-state index contributed by atoms with van der Waals surface area (Å²) in [6, 6.07) is 20.8. The smallest absolute Gasteiger partial charge is 0.264 e. The highest BCUT2D eigenvalue weighted by Crippen LogP contribution is 2.29. The molecular formula is C27H25N3O3S. The first-order chi connectivity index (χ1) is 16.4. The molecule has 0 radical (unpaired) electrons. The van der Waals surface area contributed by atoms with Crippen molar-refractivity contribution >= 4 is 46.2 Å². The van der Waals surface area contributed by atoms with Gasteiger partial charge in [0.1, 0.15) is 5.75 Å². The Morgan fingerprint density at radius 3 is 2.53 bits per heavy atom. The van der Waals surface area contributed by atoms with Gasteiger partial charge in [0.25, 0.3) is 11.8 Å². The summed E-state index contributed by atoms with van der Waals surface area (Å²) in [5, 5.41) is 6.22. The topological polar surface area (TPSA) is 79.8 Å². The minimum Gasteiger partial charge on any atom is -0.484 e. The Labute approximate surface area is 203 Å². The fourth-order valence-electron chi connectivity index (χ4n) is 3.38. The number of anilines is 1. The standard InChI is InChI=1S/C27H25N3O3S/c1-17-8-13-23(19(3)14-17)29-27-30-26(32)24(34-27)15-20-9-11-21(12-10-20)33-16-25(31)28-22-7-5-4-6-18(22)2/h4-15H,16H2,1-3H3,(H,28,31)(H,29,30,32)/b24-15+. The molecule has 172 valence electrons. The van der Waals surface area contributed by atoms with Gasteiger partial charge in [0, 0.05) is 5.69 Å². The summed E-state index contributed by atoms with van der Waals surface area (Å²) in [5.74, 6) is 0.166. The molecule has 1 aliphatic rings. The molecular weight excluding hydrogens is 446 g/mol. The number of carbonyl (C=O) groups is 2. The van der Waals surface area contributed by atoms with Crippen molar-refractivity contribution in [2.24, 2.45) is 4.99 Å². The fraction of sp³-hybridized carbons (Fsp3) is 0.148. The molecule has 0 aromatic heterocycles. The van der Waals surface area contributed by atoms with E-state index in [1.807, 2.05) is 69.3 Å². The van der Waals surface area contributed by atoms with E-state index in [1.165, 1.54) is 17.3 Å². The second-order valence-electron chi connectivity index (χ2n) is 7.99. The van der Waals surface area contributed by atoms with Gasteiger partial charge in [-0.15, -0.1) is 0 Å². The first-order valence-electron chi connectivity index (χ1n) is 10.8. The number of rotatable bonds is 6. The molecule has 0 bridgehead atoms. The summed E-state index contributed by atoms with van der Waals surface area (Å²) in [4.78, 5) is 29.7. The van der Waals surface area contributed by atoms with E-state index in [9.17, 15) is 9.59 Å². The molecule has 2 amide bonds. The van der Waals surface area contributed by atoms with Crippen molar-refractivity contribution in [2.75, 3.05) is 11.9 Å². The highest BCUT2D eigenvalue weighted by molar-refractivity contribution is 8.18. The van der Waals surface area contributed by atoms with Crippen LogP contribution in [0.15, 0.2) is 76.6 Å². The van der Waals surface area contributed by atoms with Crippen LogP contribution in [0.2, 0.25) is 0 Å². The van der Waals surface area contributed by atoms with Crippen LogP contribution < -0.4 is 15.4 Å². The number of aryl methyl sites for hydroxylation is 3. The highest BCUT2D eigenvalue weighted by atomic mass is 32.2. The molecule has 0 atom stereocenters. The number of amidine groups is 1. The quantitative estimate of drug-likeness (QED) is 0.464. The van der Waals surface area contributed by atoms with Gasteiger partial charge in [-0.2, -0.15) is 0 Å². The molecule has 1 saturated heterocycles. The molecule has 0 saturated carbocycles. The maximum absolute atomic E-state index is 12.4. The number of thioether (sulfide) groups is 1. The lowest BCUT2D eigenvalue weighted by molar-refractivity contribution is -0.118. The van der Waals surface area contributed by atoms with Crippen LogP contribution >= 0.6 is 11.8 Å². The van der Waals surface area contributed by atoms with Crippen molar-refractivity contribution in [3.05, 3.63) is 93.9 Å². The van der Waals surface area contributed by atoms with Gasteiger partial charge >= 0.3 is 0 Å². The molecule has 7 heteroatoms. The summed E-state index contributed by atoms with van der Waals surface area (Å²) in [5.41, 5.74) is 5.67.